The van der Waals surface area contributed by atoms with E-state index in [2.05, 4.69) is 15.5 Å². The molecule has 1 aromatic rings. The Labute approximate surface area is 112 Å². The number of carbonyl (C=O) groups excluding carboxylic acids is 1. The van der Waals surface area contributed by atoms with Crippen LogP contribution < -0.4 is 5.32 Å². The van der Waals surface area contributed by atoms with E-state index in [1.807, 2.05) is 13.8 Å². The molecule has 0 fully saturated rings. The Kier molecular flexibility index (Phi) is 5.04. The van der Waals surface area contributed by atoms with Crippen molar-refractivity contribution in [3.63, 3.8) is 0 Å². The number of carbonyl (C=O) groups is 1. The van der Waals surface area contributed by atoms with Gasteiger partial charge in [0.25, 0.3) is 0 Å². The second-order valence-corrected chi connectivity index (χ2v) is 6.68. The van der Waals surface area contributed by atoms with Gasteiger partial charge < -0.3 is 9.73 Å². The molecular formula is C11H19N3O4S. The molecule has 0 spiro atoms. The standard InChI is InChI=1S/C11H19N3O4S/c1-5-9(15)12-8(6-7(2)3)10-13-14-11(18-10)19(4,16)17/h7-8H,5-6H2,1-4H3,(H,12,15)/t8-/m0/s1. The normalized spacial score (nSPS) is 13.5. The number of nitrogens with zero attached hydrogens (tertiary/aromatic N) is 2. The molecule has 1 amide bonds. The van der Waals surface area contributed by atoms with Crippen LogP contribution in [0.4, 0.5) is 0 Å². The van der Waals surface area contributed by atoms with Gasteiger partial charge in [0.05, 0.1) is 0 Å². The van der Waals surface area contributed by atoms with E-state index in [-0.39, 0.29) is 17.7 Å². The molecule has 0 aliphatic carbocycles. The third-order valence-electron chi connectivity index (χ3n) is 2.40. The number of aromatic nitrogens is 2. The predicted molar refractivity (Wildman–Crippen MR) is 68.0 cm³/mol. The molecule has 108 valence electrons. The number of nitrogens with one attached hydrogen (secondary N) is 1. The van der Waals surface area contributed by atoms with E-state index in [0.29, 0.717) is 12.8 Å². The summed E-state index contributed by atoms with van der Waals surface area (Å²) in [5.41, 5.74) is 0. The predicted octanol–water partition coefficient (Wildman–Crippen LogP) is 1.09. The van der Waals surface area contributed by atoms with Gasteiger partial charge in [-0.1, -0.05) is 25.9 Å². The Morgan fingerprint density at radius 1 is 1.37 bits per heavy atom. The molecule has 0 saturated carbocycles. The Morgan fingerprint density at radius 2 is 2.00 bits per heavy atom. The molecule has 1 atom stereocenters. The van der Waals surface area contributed by atoms with Gasteiger partial charge in [0.2, 0.25) is 21.6 Å². The highest BCUT2D eigenvalue weighted by Gasteiger charge is 2.24. The van der Waals surface area contributed by atoms with Gasteiger partial charge in [-0.15, -0.1) is 5.10 Å². The molecule has 1 heterocycles. The first kappa shape index (κ1) is 15.6. The molecule has 0 unspecified atom stereocenters. The summed E-state index contributed by atoms with van der Waals surface area (Å²) in [5, 5.41) is 9.53. The molecule has 0 aromatic carbocycles. The van der Waals surface area contributed by atoms with Gasteiger partial charge in [0.15, 0.2) is 0 Å². The Morgan fingerprint density at radius 3 is 2.42 bits per heavy atom. The van der Waals surface area contributed by atoms with Crippen LogP contribution in [0.25, 0.3) is 0 Å². The minimum atomic E-state index is -3.53. The lowest BCUT2D eigenvalue weighted by Crippen LogP contribution is -2.29. The molecule has 19 heavy (non-hydrogen) atoms. The van der Waals surface area contributed by atoms with Gasteiger partial charge in [0.1, 0.15) is 6.04 Å². The first-order valence-electron chi connectivity index (χ1n) is 6.06. The van der Waals surface area contributed by atoms with E-state index in [4.69, 9.17) is 4.42 Å². The number of hydrogen-bond acceptors (Lipinski definition) is 6. The van der Waals surface area contributed by atoms with Crippen molar-refractivity contribution in [1.29, 1.82) is 0 Å². The quantitative estimate of drug-likeness (QED) is 0.841. The topological polar surface area (TPSA) is 102 Å². The summed E-state index contributed by atoms with van der Waals surface area (Å²) < 4.78 is 27.7. The molecule has 0 bridgehead atoms. The zero-order valence-corrected chi connectivity index (χ0v) is 12.3. The summed E-state index contributed by atoms with van der Waals surface area (Å²) in [6.07, 6.45) is 1.92. The monoisotopic (exact) mass is 289 g/mol. The molecule has 1 rings (SSSR count). The average Bonchev–Trinajstić information content (AvgIpc) is 2.76. The van der Waals surface area contributed by atoms with Crippen LogP contribution in [-0.4, -0.2) is 30.8 Å². The van der Waals surface area contributed by atoms with Crippen molar-refractivity contribution in [2.45, 2.75) is 44.9 Å². The van der Waals surface area contributed by atoms with Crippen molar-refractivity contribution in [2.75, 3.05) is 6.26 Å². The SMILES string of the molecule is CCC(=O)N[C@@H](CC(C)C)c1nnc(S(C)(=O)=O)o1. The first-order valence-corrected chi connectivity index (χ1v) is 7.96. The zero-order chi connectivity index (χ0) is 14.6. The smallest absolute Gasteiger partial charge is 0.335 e. The van der Waals surface area contributed by atoms with E-state index in [9.17, 15) is 13.2 Å². The lowest BCUT2D eigenvalue weighted by Gasteiger charge is -2.16. The lowest BCUT2D eigenvalue weighted by atomic mass is 10.0. The minimum absolute atomic E-state index is 0.121. The highest BCUT2D eigenvalue weighted by atomic mass is 32.2. The van der Waals surface area contributed by atoms with Gasteiger partial charge in [-0.3, -0.25) is 4.79 Å². The zero-order valence-electron chi connectivity index (χ0n) is 11.5. The van der Waals surface area contributed by atoms with Crippen molar-refractivity contribution < 1.29 is 17.6 Å². The number of amides is 1. The van der Waals surface area contributed by atoms with Crippen LogP contribution >= 0.6 is 0 Å². The Bertz CT molecular complexity index is 536. The summed E-state index contributed by atoms with van der Waals surface area (Å²) in [6.45, 7) is 5.70. The lowest BCUT2D eigenvalue weighted by molar-refractivity contribution is -0.121. The van der Waals surface area contributed by atoms with Crippen molar-refractivity contribution in [3.05, 3.63) is 5.89 Å². The summed E-state index contributed by atoms with van der Waals surface area (Å²) >= 11 is 0. The molecule has 0 aliphatic rings. The number of hydrogen-bond donors (Lipinski definition) is 1. The fourth-order valence-electron chi connectivity index (χ4n) is 1.50. The van der Waals surface area contributed by atoms with Gasteiger partial charge in [-0.05, 0) is 12.3 Å². The Balaban J connectivity index is 2.97. The molecule has 1 aromatic heterocycles. The molecular weight excluding hydrogens is 270 g/mol. The highest BCUT2D eigenvalue weighted by Crippen LogP contribution is 2.21. The molecule has 8 heteroatoms. The van der Waals surface area contributed by atoms with Gasteiger partial charge >= 0.3 is 5.22 Å². The number of rotatable bonds is 6. The molecule has 0 saturated heterocycles. The highest BCUT2D eigenvalue weighted by molar-refractivity contribution is 7.90. The van der Waals surface area contributed by atoms with Gasteiger partial charge in [-0.2, -0.15) is 0 Å². The van der Waals surface area contributed by atoms with Crippen LogP contribution in [0, 0.1) is 5.92 Å². The molecule has 0 radical (unpaired) electrons. The van der Waals surface area contributed by atoms with E-state index >= 15 is 0 Å². The van der Waals surface area contributed by atoms with E-state index in [1.165, 1.54) is 0 Å². The summed E-state index contributed by atoms with van der Waals surface area (Å²) in [5.74, 6) is 0.261. The third kappa shape index (κ3) is 4.62. The average molecular weight is 289 g/mol. The van der Waals surface area contributed by atoms with E-state index in [1.54, 1.807) is 6.92 Å². The van der Waals surface area contributed by atoms with Crippen LogP contribution in [0.3, 0.4) is 0 Å². The van der Waals surface area contributed by atoms with Gasteiger partial charge in [0, 0.05) is 12.7 Å². The van der Waals surface area contributed by atoms with Crippen LogP contribution in [0.2, 0.25) is 0 Å². The van der Waals surface area contributed by atoms with Crippen LogP contribution in [0.5, 0.6) is 0 Å². The number of sulfone groups is 1. The largest absolute Gasteiger partial charge is 0.410 e. The van der Waals surface area contributed by atoms with Crippen molar-refractivity contribution in [3.8, 4) is 0 Å². The second-order valence-electron chi connectivity index (χ2n) is 4.78. The maximum atomic E-state index is 11.5. The second kappa shape index (κ2) is 6.14. The maximum absolute atomic E-state index is 11.5. The summed E-state index contributed by atoms with van der Waals surface area (Å²) in [4.78, 5) is 11.5. The van der Waals surface area contributed by atoms with Crippen LogP contribution in [0.1, 0.15) is 45.5 Å². The van der Waals surface area contributed by atoms with Crippen molar-refractivity contribution in [2.24, 2.45) is 5.92 Å². The molecule has 0 aliphatic heterocycles. The summed E-state index contributed by atoms with van der Waals surface area (Å²) in [7, 11) is -3.53. The van der Waals surface area contributed by atoms with Crippen molar-refractivity contribution >= 4 is 15.7 Å². The van der Waals surface area contributed by atoms with Crippen LogP contribution in [-0.2, 0) is 14.6 Å². The van der Waals surface area contributed by atoms with Crippen LogP contribution in [0.15, 0.2) is 9.64 Å². The van der Waals surface area contributed by atoms with Crippen molar-refractivity contribution in [1.82, 2.24) is 15.5 Å². The third-order valence-corrected chi connectivity index (χ3v) is 3.20. The minimum Gasteiger partial charge on any atom is -0.410 e. The van der Waals surface area contributed by atoms with E-state index in [0.717, 1.165) is 6.26 Å². The fourth-order valence-corrected chi connectivity index (χ4v) is 1.93. The first-order chi connectivity index (χ1) is 8.74. The maximum Gasteiger partial charge on any atom is 0.335 e. The summed E-state index contributed by atoms with van der Waals surface area (Å²) in [6, 6.07) is -0.463. The fraction of sp³-hybridized carbons (Fsp3) is 0.727. The van der Waals surface area contributed by atoms with Gasteiger partial charge in [-0.25, -0.2) is 8.42 Å². The molecule has 7 nitrogen and oxygen atoms in total. The van der Waals surface area contributed by atoms with E-state index < -0.39 is 21.1 Å². The molecule has 1 N–H and O–H groups in total. The Hall–Kier alpha value is -1.44.